The van der Waals surface area contributed by atoms with E-state index in [9.17, 15) is 4.79 Å². The summed E-state index contributed by atoms with van der Waals surface area (Å²) in [6.07, 6.45) is 1.72. The van der Waals surface area contributed by atoms with Crippen molar-refractivity contribution >= 4 is 16.8 Å². The Kier molecular flexibility index (Phi) is 4.59. The summed E-state index contributed by atoms with van der Waals surface area (Å²) in [6.45, 7) is 2.21. The molecule has 1 saturated heterocycles. The molecule has 1 atom stereocenters. The van der Waals surface area contributed by atoms with Crippen molar-refractivity contribution in [2.75, 3.05) is 26.2 Å². The van der Waals surface area contributed by atoms with E-state index in [1.807, 2.05) is 12.1 Å². The van der Waals surface area contributed by atoms with Gasteiger partial charge in [0.25, 0.3) is 0 Å². The maximum Gasteiger partial charge on any atom is 0.317 e. The number of fused-ring (bicyclic) bond motifs is 1. The fraction of sp³-hybridized carbons (Fsp3) is 0.389. The van der Waals surface area contributed by atoms with Gasteiger partial charge >= 0.3 is 6.03 Å². The number of aliphatic hydroxyl groups is 1. The first-order chi connectivity index (χ1) is 10.8. The third-order valence-corrected chi connectivity index (χ3v) is 4.34. The smallest absolute Gasteiger partial charge is 0.317 e. The molecule has 1 fully saturated rings. The number of carbonyl (C=O) groups is 1. The lowest BCUT2D eigenvalue weighted by Crippen LogP contribution is -2.39. The van der Waals surface area contributed by atoms with Crippen LogP contribution in [0.3, 0.4) is 0 Å². The van der Waals surface area contributed by atoms with E-state index in [2.05, 4.69) is 35.6 Å². The monoisotopic (exact) mass is 298 g/mol. The van der Waals surface area contributed by atoms with Crippen LogP contribution >= 0.6 is 0 Å². The maximum absolute atomic E-state index is 12.0. The highest BCUT2D eigenvalue weighted by atomic mass is 16.3. The van der Waals surface area contributed by atoms with Crippen molar-refractivity contribution in [2.24, 2.45) is 5.92 Å². The molecule has 0 aromatic heterocycles. The summed E-state index contributed by atoms with van der Waals surface area (Å²) in [5.74, 6) is 0.242. The predicted molar refractivity (Wildman–Crippen MR) is 87.8 cm³/mol. The molecule has 4 nitrogen and oxygen atoms in total. The van der Waals surface area contributed by atoms with Crippen molar-refractivity contribution in [1.29, 1.82) is 0 Å². The second-order valence-corrected chi connectivity index (χ2v) is 5.95. The number of nitrogens with one attached hydrogen (secondary N) is 1. The zero-order valence-corrected chi connectivity index (χ0v) is 12.7. The van der Waals surface area contributed by atoms with Gasteiger partial charge in [-0.25, -0.2) is 4.79 Å². The molecule has 22 heavy (non-hydrogen) atoms. The van der Waals surface area contributed by atoms with Crippen LogP contribution in [-0.4, -0.2) is 42.3 Å². The summed E-state index contributed by atoms with van der Waals surface area (Å²) in [7, 11) is 0. The lowest BCUT2D eigenvalue weighted by atomic mass is 10.1. The molecular formula is C18H22N2O2. The van der Waals surface area contributed by atoms with E-state index in [0.29, 0.717) is 13.1 Å². The topological polar surface area (TPSA) is 52.6 Å². The van der Waals surface area contributed by atoms with Crippen molar-refractivity contribution in [3.63, 3.8) is 0 Å². The zero-order chi connectivity index (χ0) is 15.4. The van der Waals surface area contributed by atoms with Gasteiger partial charge in [-0.05, 0) is 29.2 Å². The van der Waals surface area contributed by atoms with Crippen LogP contribution in [0.2, 0.25) is 0 Å². The molecule has 1 heterocycles. The largest absolute Gasteiger partial charge is 0.396 e. The molecule has 0 spiro atoms. The minimum atomic E-state index is -0.0169. The van der Waals surface area contributed by atoms with Crippen LogP contribution in [0, 0.1) is 5.92 Å². The average Bonchev–Trinajstić information content (AvgIpc) is 3.04. The molecule has 2 N–H and O–H groups in total. The van der Waals surface area contributed by atoms with E-state index in [1.54, 1.807) is 4.90 Å². The highest BCUT2D eigenvalue weighted by Gasteiger charge is 2.25. The fourth-order valence-corrected chi connectivity index (χ4v) is 2.99. The number of likely N-dealkylation sites (tertiary alicyclic amines) is 1. The van der Waals surface area contributed by atoms with Gasteiger partial charge in [-0.1, -0.05) is 42.5 Å². The fourth-order valence-electron chi connectivity index (χ4n) is 2.99. The second-order valence-electron chi connectivity index (χ2n) is 5.95. The Labute approximate surface area is 130 Å². The van der Waals surface area contributed by atoms with Gasteiger partial charge in [0, 0.05) is 32.2 Å². The third-order valence-electron chi connectivity index (χ3n) is 4.34. The van der Waals surface area contributed by atoms with Crippen molar-refractivity contribution in [1.82, 2.24) is 10.2 Å². The Morgan fingerprint density at radius 2 is 2.05 bits per heavy atom. The lowest BCUT2D eigenvalue weighted by molar-refractivity contribution is 0.198. The number of carbonyl (C=O) groups excluding carboxylic acids is 1. The number of hydrogen-bond acceptors (Lipinski definition) is 2. The maximum atomic E-state index is 12.0. The normalized spacial score (nSPS) is 17.9. The number of rotatable bonds is 4. The van der Waals surface area contributed by atoms with Crippen LogP contribution in [0.5, 0.6) is 0 Å². The zero-order valence-electron chi connectivity index (χ0n) is 12.7. The quantitative estimate of drug-likeness (QED) is 0.910. The summed E-state index contributed by atoms with van der Waals surface area (Å²) in [6, 6.07) is 14.7. The molecule has 1 aliphatic heterocycles. The Hall–Kier alpha value is -2.07. The molecule has 2 aromatic carbocycles. The first-order valence-corrected chi connectivity index (χ1v) is 7.87. The molecule has 0 radical (unpaired) electrons. The standard InChI is InChI=1S/C18H22N2O2/c21-13-15-8-10-20(12-15)18(22)19-9-7-14-5-6-16-3-1-2-4-17(16)11-14/h1-6,11,15,21H,7-10,12-13H2,(H,19,22). The number of urea groups is 1. The molecule has 116 valence electrons. The van der Waals surface area contributed by atoms with E-state index in [4.69, 9.17) is 5.11 Å². The first-order valence-electron chi connectivity index (χ1n) is 7.87. The number of amides is 2. The number of hydrogen-bond donors (Lipinski definition) is 2. The summed E-state index contributed by atoms with van der Waals surface area (Å²) in [5.41, 5.74) is 1.23. The van der Waals surface area contributed by atoms with E-state index >= 15 is 0 Å². The van der Waals surface area contributed by atoms with Crippen LogP contribution in [0.15, 0.2) is 42.5 Å². The minimum absolute atomic E-state index is 0.0169. The highest BCUT2D eigenvalue weighted by molar-refractivity contribution is 5.83. The van der Waals surface area contributed by atoms with Crippen LogP contribution in [0.4, 0.5) is 4.79 Å². The van der Waals surface area contributed by atoms with Crippen LogP contribution in [0.25, 0.3) is 10.8 Å². The molecule has 2 aromatic rings. The van der Waals surface area contributed by atoms with Gasteiger partial charge in [0.2, 0.25) is 0 Å². The Morgan fingerprint density at radius 3 is 2.82 bits per heavy atom. The molecule has 2 amide bonds. The number of aliphatic hydroxyl groups excluding tert-OH is 1. The van der Waals surface area contributed by atoms with Crippen molar-refractivity contribution in [2.45, 2.75) is 12.8 Å². The second kappa shape index (κ2) is 6.79. The highest BCUT2D eigenvalue weighted by Crippen LogP contribution is 2.16. The molecule has 0 aliphatic carbocycles. The predicted octanol–water partition coefficient (Wildman–Crippen LogP) is 2.41. The van der Waals surface area contributed by atoms with Crippen molar-refractivity contribution < 1.29 is 9.90 Å². The van der Waals surface area contributed by atoms with E-state index in [0.717, 1.165) is 19.4 Å². The van der Waals surface area contributed by atoms with Gasteiger partial charge in [-0.3, -0.25) is 0 Å². The van der Waals surface area contributed by atoms with E-state index in [1.165, 1.54) is 16.3 Å². The van der Waals surface area contributed by atoms with Gasteiger partial charge in [-0.15, -0.1) is 0 Å². The molecule has 0 saturated carbocycles. The number of benzene rings is 2. The van der Waals surface area contributed by atoms with Gasteiger partial charge in [0.1, 0.15) is 0 Å². The molecule has 4 heteroatoms. The summed E-state index contributed by atoms with van der Waals surface area (Å²) < 4.78 is 0. The third kappa shape index (κ3) is 3.39. The Bertz CT molecular complexity index is 656. The van der Waals surface area contributed by atoms with Gasteiger partial charge < -0.3 is 15.3 Å². The molecule has 3 rings (SSSR count). The van der Waals surface area contributed by atoms with Crippen LogP contribution in [-0.2, 0) is 6.42 Å². The summed E-state index contributed by atoms with van der Waals surface area (Å²) in [5, 5.41) is 14.6. The van der Waals surface area contributed by atoms with E-state index in [-0.39, 0.29) is 18.6 Å². The Morgan fingerprint density at radius 1 is 1.23 bits per heavy atom. The van der Waals surface area contributed by atoms with E-state index < -0.39 is 0 Å². The molecular weight excluding hydrogens is 276 g/mol. The first kappa shape index (κ1) is 14.9. The average molecular weight is 298 g/mol. The molecule has 1 unspecified atom stereocenters. The van der Waals surface area contributed by atoms with Gasteiger partial charge in [0.15, 0.2) is 0 Å². The summed E-state index contributed by atoms with van der Waals surface area (Å²) >= 11 is 0. The Balaban J connectivity index is 1.50. The molecule has 0 bridgehead atoms. The van der Waals surface area contributed by atoms with Gasteiger partial charge in [-0.2, -0.15) is 0 Å². The van der Waals surface area contributed by atoms with Gasteiger partial charge in [0.05, 0.1) is 0 Å². The van der Waals surface area contributed by atoms with Crippen LogP contribution < -0.4 is 5.32 Å². The van der Waals surface area contributed by atoms with Crippen molar-refractivity contribution in [3.05, 3.63) is 48.0 Å². The minimum Gasteiger partial charge on any atom is -0.396 e. The van der Waals surface area contributed by atoms with Crippen molar-refractivity contribution in [3.8, 4) is 0 Å². The lowest BCUT2D eigenvalue weighted by Gasteiger charge is -2.17. The summed E-state index contributed by atoms with van der Waals surface area (Å²) in [4.78, 5) is 13.8. The molecule has 1 aliphatic rings. The van der Waals surface area contributed by atoms with Crippen LogP contribution in [0.1, 0.15) is 12.0 Å². The number of nitrogens with zero attached hydrogens (tertiary/aromatic N) is 1. The SMILES string of the molecule is O=C(NCCc1ccc2ccccc2c1)N1CCC(CO)C1.